The van der Waals surface area contributed by atoms with Crippen molar-refractivity contribution < 1.29 is 5.11 Å². The minimum Gasteiger partial charge on any atom is -0.393 e. The number of fused-ring (bicyclic) bond motifs is 5. The van der Waals surface area contributed by atoms with Crippen LogP contribution in [0, 0.1) is 46.3 Å². The van der Waals surface area contributed by atoms with Crippen LogP contribution in [0.15, 0.2) is 23.3 Å². The normalized spacial score (nSPS) is 46.0. The van der Waals surface area contributed by atoms with E-state index in [0.717, 1.165) is 48.3 Å². The van der Waals surface area contributed by atoms with Gasteiger partial charge in [-0.05, 0) is 111 Å². The molecule has 29 heavy (non-hydrogen) atoms. The molecule has 164 valence electrons. The molecule has 0 spiro atoms. The van der Waals surface area contributed by atoms with Crippen molar-refractivity contribution in [2.24, 2.45) is 46.3 Å². The van der Waals surface area contributed by atoms with Gasteiger partial charge in [-0.2, -0.15) is 0 Å². The van der Waals surface area contributed by atoms with Crippen LogP contribution in [0.1, 0.15) is 99.3 Å². The van der Waals surface area contributed by atoms with Crippen molar-refractivity contribution >= 4 is 0 Å². The van der Waals surface area contributed by atoms with Gasteiger partial charge in [-0.3, -0.25) is 0 Å². The van der Waals surface area contributed by atoms with Crippen LogP contribution in [-0.4, -0.2) is 11.2 Å². The summed E-state index contributed by atoms with van der Waals surface area (Å²) in [6, 6.07) is 0. The van der Waals surface area contributed by atoms with Gasteiger partial charge in [-0.15, -0.1) is 0 Å². The summed E-state index contributed by atoms with van der Waals surface area (Å²) in [5.74, 6) is 5.01. The van der Waals surface area contributed by atoms with E-state index in [1.807, 2.05) is 0 Å². The molecule has 0 aromatic rings. The molecule has 0 amide bonds. The molecule has 1 nitrogen and oxygen atoms in total. The molecule has 4 aliphatic carbocycles. The minimum absolute atomic E-state index is 0.0861. The van der Waals surface area contributed by atoms with Crippen LogP contribution in [0.3, 0.4) is 0 Å². The van der Waals surface area contributed by atoms with E-state index in [1.54, 1.807) is 11.1 Å². The highest BCUT2D eigenvalue weighted by Crippen LogP contribution is 2.67. The predicted octanol–water partition coefficient (Wildman–Crippen LogP) is 7.55. The number of allylic oxidation sites excluding steroid dienone is 3. The second kappa shape index (κ2) is 7.85. The molecule has 3 saturated carbocycles. The van der Waals surface area contributed by atoms with Crippen molar-refractivity contribution in [1.82, 2.24) is 0 Å². The van der Waals surface area contributed by atoms with Crippen LogP contribution in [0.5, 0.6) is 0 Å². The smallest absolute Gasteiger partial charge is 0.0577 e. The fraction of sp³-hybridized carbons (Fsp3) is 0.857. The molecular formula is C28H46O. The largest absolute Gasteiger partial charge is 0.393 e. The highest BCUT2D eigenvalue weighted by molar-refractivity contribution is 5.25. The molecule has 1 N–H and O–H groups in total. The molecule has 1 heteroatoms. The van der Waals surface area contributed by atoms with Gasteiger partial charge in [-0.25, -0.2) is 0 Å². The zero-order valence-electron chi connectivity index (χ0n) is 20.0. The number of aliphatic hydroxyl groups is 1. The van der Waals surface area contributed by atoms with Crippen LogP contribution < -0.4 is 0 Å². The number of aliphatic hydroxyl groups excluding tert-OH is 1. The highest BCUT2D eigenvalue weighted by atomic mass is 16.3. The lowest BCUT2D eigenvalue weighted by Gasteiger charge is -2.58. The van der Waals surface area contributed by atoms with Crippen molar-refractivity contribution in [1.29, 1.82) is 0 Å². The summed E-state index contributed by atoms with van der Waals surface area (Å²) >= 11 is 0. The van der Waals surface area contributed by atoms with Gasteiger partial charge in [0.1, 0.15) is 0 Å². The molecular weight excluding hydrogens is 352 g/mol. The van der Waals surface area contributed by atoms with Gasteiger partial charge in [0.25, 0.3) is 0 Å². The lowest BCUT2D eigenvalue weighted by molar-refractivity contribution is -0.0546. The van der Waals surface area contributed by atoms with E-state index in [-0.39, 0.29) is 6.10 Å². The summed E-state index contributed by atoms with van der Waals surface area (Å²) in [5.41, 5.74) is 4.16. The number of hydrogen-bond donors (Lipinski definition) is 1. The molecule has 0 radical (unpaired) electrons. The molecule has 3 fully saturated rings. The zero-order chi connectivity index (χ0) is 21.0. The van der Waals surface area contributed by atoms with E-state index in [2.05, 4.69) is 53.7 Å². The maximum atomic E-state index is 10.2. The molecule has 4 rings (SSSR count). The first-order valence-corrected chi connectivity index (χ1v) is 12.7. The Bertz CT molecular complexity index is 672. The monoisotopic (exact) mass is 398 g/mol. The zero-order valence-corrected chi connectivity index (χ0v) is 20.0. The Kier molecular flexibility index (Phi) is 5.86. The average Bonchev–Trinajstić information content (AvgIpc) is 3.03. The Hall–Kier alpha value is -0.560. The Morgan fingerprint density at radius 3 is 2.59 bits per heavy atom. The highest BCUT2D eigenvalue weighted by Gasteiger charge is 2.59. The van der Waals surface area contributed by atoms with Crippen molar-refractivity contribution in [2.45, 2.75) is 105 Å². The first-order chi connectivity index (χ1) is 13.7. The van der Waals surface area contributed by atoms with E-state index in [1.165, 1.54) is 44.9 Å². The third-order valence-corrected chi connectivity index (χ3v) is 10.4. The summed E-state index contributed by atoms with van der Waals surface area (Å²) in [6.45, 7) is 14.8. The molecule has 0 aromatic heterocycles. The lowest BCUT2D eigenvalue weighted by Crippen LogP contribution is -2.50. The van der Waals surface area contributed by atoms with Crippen molar-refractivity contribution in [3.63, 3.8) is 0 Å². The Balaban J connectivity index is 1.55. The maximum absolute atomic E-state index is 10.2. The van der Waals surface area contributed by atoms with Crippen LogP contribution in [0.2, 0.25) is 0 Å². The van der Waals surface area contributed by atoms with Crippen LogP contribution in [0.25, 0.3) is 0 Å². The van der Waals surface area contributed by atoms with Crippen LogP contribution in [-0.2, 0) is 0 Å². The summed E-state index contributed by atoms with van der Waals surface area (Å²) in [7, 11) is 0. The summed E-state index contributed by atoms with van der Waals surface area (Å²) in [4.78, 5) is 0. The third kappa shape index (κ3) is 3.58. The van der Waals surface area contributed by atoms with Crippen molar-refractivity contribution in [2.75, 3.05) is 0 Å². The fourth-order valence-corrected chi connectivity index (χ4v) is 8.43. The molecule has 0 unspecified atom stereocenters. The minimum atomic E-state index is -0.0861. The van der Waals surface area contributed by atoms with Gasteiger partial charge < -0.3 is 5.11 Å². The third-order valence-electron chi connectivity index (χ3n) is 10.4. The first-order valence-electron chi connectivity index (χ1n) is 12.7. The Morgan fingerprint density at radius 2 is 1.86 bits per heavy atom. The molecule has 8 atom stereocenters. The van der Waals surface area contributed by atoms with E-state index < -0.39 is 0 Å². The predicted molar refractivity (Wildman–Crippen MR) is 124 cm³/mol. The van der Waals surface area contributed by atoms with Crippen molar-refractivity contribution in [3.8, 4) is 0 Å². The molecule has 0 heterocycles. The molecule has 0 aromatic carbocycles. The van der Waals surface area contributed by atoms with Crippen LogP contribution >= 0.6 is 0 Å². The maximum Gasteiger partial charge on any atom is 0.0577 e. The van der Waals surface area contributed by atoms with Crippen molar-refractivity contribution in [3.05, 3.63) is 23.3 Å². The second-order valence-electron chi connectivity index (χ2n) is 12.3. The average molecular weight is 399 g/mol. The van der Waals surface area contributed by atoms with Gasteiger partial charge >= 0.3 is 0 Å². The first kappa shape index (κ1) is 21.7. The molecule has 0 saturated heterocycles. The molecule has 4 aliphatic rings. The van der Waals surface area contributed by atoms with Gasteiger partial charge in [-0.1, -0.05) is 57.9 Å². The van der Waals surface area contributed by atoms with E-state index >= 15 is 0 Å². The van der Waals surface area contributed by atoms with E-state index in [0.29, 0.717) is 10.8 Å². The Labute approximate surface area is 180 Å². The molecule has 0 bridgehead atoms. The van der Waals surface area contributed by atoms with Gasteiger partial charge in [0.15, 0.2) is 0 Å². The van der Waals surface area contributed by atoms with Gasteiger partial charge in [0.2, 0.25) is 0 Å². The standard InChI is InChI=1S/C28H46O/c1-18(2)7-8-19(3)20(4)24-11-12-25-23-10-9-21-17-22(29)13-15-27(21,5)26(23)14-16-28(24,25)6/h8-9,18,20,22-26,29H,7,10-17H2,1-6H3/b19-8-/t20-,22+,23+,24-,25+,26+,27+,28-/m1/s1. The number of rotatable bonds is 4. The fourth-order valence-electron chi connectivity index (χ4n) is 8.43. The summed E-state index contributed by atoms with van der Waals surface area (Å²) in [5, 5.41) is 10.2. The number of hydrogen-bond acceptors (Lipinski definition) is 1. The molecule has 0 aliphatic heterocycles. The summed E-state index contributed by atoms with van der Waals surface area (Å²) in [6.07, 6.45) is 16.4. The second-order valence-corrected chi connectivity index (χ2v) is 12.3. The van der Waals surface area contributed by atoms with Gasteiger partial charge in [0.05, 0.1) is 6.10 Å². The van der Waals surface area contributed by atoms with Gasteiger partial charge in [0, 0.05) is 0 Å². The lowest BCUT2D eigenvalue weighted by atomic mass is 9.47. The van der Waals surface area contributed by atoms with Crippen LogP contribution in [0.4, 0.5) is 0 Å². The topological polar surface area (TPSA) is 20.2 Å². The quantitative estimate of drug-likeness (QED) is 0.484. The van der Waals surface area contributed by atoms with E-state index in [4.69, 9.17) is 0 Å². The van der Waals surface area contributed by atoms with E-state index in [9.17, 15) is 5.11 Å². The summed E-state index contributed by atoms with van der Waals surface area (Å²) < 4.78 is 0. The Morgan fingerprint density at radius 1 is 1.10 bits per heavy atom. The SMILES string of the molecule is C/C(=C/CC(C)C)[C@@H](C)[C@H]1CC[C@H]2[C@@H]3CC=C4C[C@@H](O)CC[C@]4(C)[C@H]3CC[C@]12C.